The number of halogens is 2. The van der Waals surface area contributed by atoms with Gasteiger partial charge in [0.2, 0.25) is 11.8 Å². The summed E-state index contributed by atoms with van der Waals surface area (Å²) in [6, 6.07) is 22.1. The number of hydrogen-bond acceptors (Lipinski definition) is 2. The molecule has 0 unspecified atom stereocenters. The lowest BCUT2D eigenvalue weighted by Crippen LogP contribution is -2.51. The van der Waals surface area contributed by atoms with E-state index in [1.165, 1.54) is 12.1 Å². The fourth-order valence-electron chi connectivity index (χ4n) is 3.75. The van der Waals surface area contributed by atoms with Crippen LogP contribution in [0, 0.1) is 5.82 Å². The molecule has 2 amide bonds. The highest BCUT2D eigenvalue weighted by molar-refractivity contribution is 6.31. The van der Waals surface area contributed by atoms with E-state index in [-0.39, 0.29) is 30.6 Å². The average Bonchev–Trinajstić information content (AvgIpc) is 2.84. The maximum Gasteiger partial charge on any atom is 0.243 e. The third kappa shape index (κ3) is 7.42. The molecule has 0 saturated heterocycles. The number of rotatable bonds is 11. The summed E-state index contributed by atoms with van der Waals surface area (Å²) >= 11 is 6.42. The van der Waals surface area contributed by atoms with Crippen LogP contribution in [0.15, 0.2) is 78.9 Å². The summed E-state index contributed by atoms with van der Waals surface area (Å²) in [5.74, 6) is -0.781. The summed E-state index contributed by atoms with van der Waals surface area (Å²) in [6.45, 7) is 2.80. The molecule has 0 spiro atoms. The van der Waals surface area contributed by atoms with Crippen molar-refractivity contribution in [1.82, 2.24) is 10.2 Å². The normalized spacial score (nSPS) is 11.6. The minimum absolute atomic E-state index is 0.0538. The molecule has 0 saturated carbocycles. The van der Waals surface area contributed by atoms with E-state index in [9.17, 15) is 14.0 Å². The van der Waals surface area contributed by atoms with Gasteiger partial charge in [0, 0.05) is 24.5 Å². The molecule has 178 valence electrons. The van der Waals surface area contributed by atoms with Gasteiger partial charge in [-0.25, -0.2) is 4.39 Å². The quantitative estimate of drug-likeness (QED) is 0.364. The van der Waals surface area contributed by atoms with Gasteiger partial charge in [-0.1, -0.05) is 85.6 Å². The number of nitrogens with one attached hydrogen (secondary N) is 1. The Morgan fingerprint density at radius 2 is 1.62 bits per heavy atom. The van der Waals surface area contributed by atoms with Crippen molar-refractivity contribution in [3.8, 4) is 0 Å². The number of unbranched alkanes of at least 4 members (excludes halogenated alkanes) is 1. The zero-order valence-corrected chi connectivity index (χ0v) is 20.1. The second kappa shape index (κ2) is 12.9. The van der Waals surface area contributed by atoms with Gasteiger partial charge in [0.05, 0.1) is 6.42 Å². The Bertz CT molecular complexity index is 1070. The number of nitrogens with zero attached hydrogens (tertiary/aromatic N) is 1. The molecule has 0 aromatic heterocycles. The van der Waals surface area contributed by atoms with Gasteiger partial charge in [-0.3, -0.25) is 9.59 Å². The fraction of sp³-hybridized carbons (Fsp3) is 0.286. The molecule has 1 atom stereocenters. The molecule has 0 aliphatic rings. The van der Waals surface area contributed by atoms with E-state index in [2.05, 4.69) is 12.2 Å². The minimum Gasteiger partial charge on any atom is -0.354 e. The third-order valence-electron chi connectivity index (χ3n) is 5.67. The Morgan fingerprint density at radius 3 is 2.29 bits per heavy atom. The van der Waals surface area contributed by atoms with Gasteiger partial charge in [-0.2, -0.15) is 0 Å². The average molecular weight is 481 g/mol. The minimum atomic E-state index is -0.719. The van der Waals surface area contributed by atoms with Crippen molar-refractivity contribution in [1.29, 1.82) is 0 Å². The Kier molecular flexibility index (Phi) is 9.65. The number of carbonyl (C=O) groups is 2. The SMILES string of the molecule is CCCCNC(=O)[C@@H](Cc1ccccc1)N(Cc1ccccc1Cl)C(=O)Cc1ccc(F)cc1. The van der Waals surface area contributed by atoms with Gasteiger partial charge in [-0.15, -0.1) is 0 Å². The van der Waals surface area contributed by atoms with Crippen molar-refractivity contribution in [3.05, 3.63) is 106 Å². The van der Waals surface area contributed by atoms with E-state index in [1.54, 1.807) is 23.1 Å². The zero-order valence-electron chi connectivity index (χ0n) is 19.3. The summed E-state index contributed by atoms with van der Waals surface area (Å²) in [5, 5.41) is 3.53. The van der Waals surface area contributed by atoms with Crippen molar-refractivity contribution >= 4 is 23.4 Å². The molecule has 6 heteroatoms. The molecule has 1 N–H and O–H groups in total. The van der Waals surface area contributed by atoms with Gasteiger partial charge in [-0.05, 0) is 41.3 Å². The topological polar surface area (TPSA) is 49.4 Å². The largest absolute Gasteiger partial charge is 0.354 e. The Hall–Kier alpha value is -3.18. The highest BCUT2D eigenvalue weighted by atomic mass is 35.5. The van der Waals surface area contributed by atoms with Crippen LogP contribution < -0.4 is 5.32 Å². The van der Waals surface area contributed by atoms with Crippen molar-refractivity contribution in [2.45, 2.75) is 45.2 Å². The van der Waals surface area contributed by atoms with Gasteiger partial charge in [0.15, 0.2) is 0 Å². The van der Waals surface area contributed by atoms with Crippen LogP contribution in [0.25, 0.3) is 0 Å². The predicted molar refractivity (Wildman–Crippen MR) is 134 cm³/mol. The van der Waals surface area contributed by atoms with E-state index in [4.69, 9.17) is 11.6 Å². The first kappa shape index (κ1) is 25.4. The summed E-state index contributed by atoms with van der Waals surface area (Å²) in [5.41, 5.74) is 2.40. The maximum atomic E-state index is 13.6. The lowest BCUT2D eigenvalue weighted by atomic mass is 10.0. The summed E-state index contributed by atoms with van der Waals surface area (Å²) < 4.78 is 13.4. The number of benzene rings is 3. The van der Waals surface area contributed by atoms with Crippen LogP contribution in [-0.4, -0.2) is 29.3 Å². The Labute approximate surface area is 205 Å². The van der Waals surface area contributed by atoms with Crippen LogP contribution in [0.1, 0.15) is 36.5 Å². The monoisotopic (exact) mass is 480 g/mol. The van der Waals surface area contributed by atoms with Crippen LogP contribution in [-0.2, 0) is 29.0 Å². The molecule has 3 aromatic rings. The molecule has 4 nitrogen and oxygen atoms in total. The second-order valence-corrected chi connectivity index (χ2v) is 8.67. The highest BCUT2D eigenvalue weighted by Crippen LogP contribution is 2.21. The molecule has 0 aliphatic carbocycles. The molecule has 0 aliphatic heterocycles. The third-order valence-corrected chi connectivity index (χ3v) is 6.04. The van der Waals surface area contributed by atoms with Crippen molar-refractivity contribution in [2.24, 2.45) is 0 Å². The maximum absolute atomic E-state index is 13.6. The van der Waals surface area contributed by atoms with E-state index in [0.717, 1.165) is 24.0 Å². The first-order valence-corrected chi connectivity index (χ1v) is 11.9. The standard InChI is InChI=1S/C28H30ClFN2O2/c1-2-3-17-31-28(34)26(18-21-9-5-4-6-10-21)32(20-23-11-7-8-12-25(23)29)27(33)19-22-13-15-24(30)16-14-22/h4-16,26H,2-3,17-20H2,1H3,(H,31,34)/t26-/m1/s1. The Morgan fingerprint density at radius 1 is 0.941 bits per heavy atom. The summed E-state index contributed by atoms with van der Waals surface area (Å²) in [4.78, 5) is 28.5. The molecule has 0 radical (unpaired) electrons. The lowest BCUT2D eigenvalue weighted by Gasteiger charge is -2.32. The highest BCUT2D eigenvalue weighted by Gasteiger charge is 2.30. The predicted octanol–water partition coefficient (Wildman–Crippen LogP) is 5.58. The molecule has 0 heterocycles. The van der Waals surface area contributed by atoms with E-state index in [1.807, 2.05) is 48.5 Å². The fourth-order valence-corrected chi connectivity index (χ4v) is 3.94. The Balaban J connectivity index is 1.94. The molecule has 34 heavy (non-hydrogen) atoms. The first-order valence-electron chi connectivity index (χ1n) is 11.6. The molecule has 0 bridgehead atoms. The van der Waals surface area contributed by atoms with Crippen molar-refractivity contribution < 1.29 is 14.0 Å². The van der Waals surface area contributed by atoms with Crippen LogP contribution in [0.4, 0.5) is 4.39 Å². The molecule has 3 rings (SSSR count). The van der Waals surface area contributed by atoms with E-state index in [0.29, 0.717) is 23.6 Å². The van der Waals surface area contributed by atoms with Gasteiger partial charge >= 0.3 is 0 Å². The summed E-state index contributed by atoms with van der Waals surface area (Å²) in [7, 11) is 0. The summed E-state index contributed by atoms with van der Waals surface area (Å²) in [6.07, 6.45) is 2.24. The molecular weight excluding hydrogens is 451 g/mol. The van der Waals surface area contributed by atoms with Crippen LogP contribution in [0.3, 0.4) is 0 Å². The van der Waals surface area contributed by atoms with Gasteiger partial charge < -0.3 is 10.2 Å². The van der Waals surface area contributed by atoms with Crippen LogP contribution in [0.2, 0.25) is 5.02 Å². The van der Waals surface area contributed by atoms with Crippen LogP contribution >= 0.6 is 11.6 Å². The lowest BCUT2D eigenvalue weighted by molar-refractivity contribution is -0.140. The zero-order chi connectivity index (χ0) is 24.3. The van der Waals surface area contributed by atoms with Crippen LogP contribution in [0.5, 0.6) is 0 Å². The van der Waals surface area contributed by atoms with E-state index >= 15 is 0 Å². The molecule has 0 fully saturated rings. The number of carbonyl (C=O) groups excluding carboxylic acids is 2. The number of hydrogen-bond donors (Lipinski definition) is 1. The smallest absolute Gasteiger partial charge is 0.243 e. The molecule has 3 aromatic carbocycles. The second-order valence-electron chi connectivity index (χ2n) is 8.27. The first-order chi connectivity index (χ1) is 16.5. The van der Waals surface area contributed by atoms with Crippen molar-refractivity contribution in [3.63, 3.8) is 0 Å². The van der Waals surface area contributed by atoms with E-state index < -0.39 is 6.04 Å². The van der Waals surface area contributed by atoms with Crippen molar-refractivity contribution in [2.75, 3.05) is 6.54 Å². The van der Waals surface area contributed by atoms with Gasteiger partial charge in [0.1, 0.15) is 11.9 Å². The number of amides is 2. The molecular formula is C28H30ClFN2O2. The van der Waals surface area contributed by atoms with Gasteiger partial charge in [0.25, 0.3) is 0 Å².